The summed E-state index contributed by atoms with van der Waals surface area (Å²) in [6.07, 6.45) is 0. The third-order valence-corrected chi connectivity index (χ3v) is 3.25. The Morgan fingerprint density at radius 1 is 1.05 bits per heavy atom. The topological polar surface area (TPSA) is 20.3 Å². The first kappa shape index (κ1) is 13.8. The van der Waals surface area contributed by atoms with E-state index in [1.807, 2.05) is 67.6 Å². The van der Waals surface area contributed by atoms with Gasteiger partial charge in [0.05, 0.1) is 11.4 Å². The van der Waals surface area contributed by atoms with Crippen molar-refractivity contribution in [3.05, 3.63) is 66.2 Å². The van der Waals surface area contributed by atoms with E-state index < -0.39 is 0 Å². The molecule has 3 heteroatoms. The number of hydrogen-bond acceptors (Lipinski definition) is 1. The molecular weight excluding hydrogens is 302 g/mol. The van der Waals surface area contributed by atoms with Crippen LogP contribution in [0.5, 0.6) is 0 Å². The molecule has 0 heterocycles. The molecule has 0 radical (unpaired) electrons. The van der Waals surface area contributed by atoms with Gasteiger partial charge < -0.3 is 4.90 Å². The summed E-state index contributed by atoms with van der Waals surface area (Å²) in [6, 6.07) is 19.8. The molecule has 2 rings (SSSR count). The molecule has 0 saturated carbocycles. The number of hydrogen-bond donors (Lipinski definition) is 0. The normalized spacial score (nSPS) is 11.9. The number of alkyl halides is 1. The number of rotatable bonds is 4. The molecule has 1 amide bonds. The zero-order valence-electron chi connectivity index (χ0n) is 10.8. The van der Waals surface area contributed by atoms with Crippen molar-refractivity contribution in [2.24, 2.45) is 0 Å². The lowest BCUT2D eigenvalue weighted by atomic mass is 10.2. The first-order valence-electron chi connectivity index (χ1n) is 6.23. The van der Waals surface area contributed by atoms with Crippen LogP contribution in [0.15, 0.2) is 60.7 Å². The molecule has 2 aromatic carbocycles. The summed E-state index contributed by atoms with van der Waals surface area (Å²) in [4.78, 5) is 13.9. The zero-order chi connectivity index (χ0) is 13.7. The Labute approximate surface area is 122 Å². The number of nitrogens with zero attached hydrogens (tertiary/aromatic N) is 1. The lowest BCUT2D eigenvalue weighted by molar-refractivity contribution is -0.117. The second-order valence-corrected chi connectivity index (χ2v) is 5.74. The maximum atomic E-state index is 12.3. The number of amides is 1. The smallest absolute Gasteiger partial charge is 0.240 e. The summed E-state index contributed by atoms with van der Waals surface area (Å²) in [5, 5.41) is 0. The second-order valence-electron chi connectivity index (χ2n) is 4.36. The summed E-state index contributed by atoms with van der Waals surface area (Å²) < 4.78 is 0. The first-order chi connectivity index (χ1) is 9.18. The summed E-state index contributed by atoms with van der Waals surface area (Å²) in [7, 11) is 0. The van der Waals surface area contributed by atoms with Crippen molar-refractivity contribution in [2.75, 3.05) is 4.90 Å². The molecule has 98 valence electrons. The first-order valence-corrected chi connectivity index (χ1v) is 7.14. The summed E-state index contributed by atoms with van der Waals surface area (Å²) in [5.74, 6) is 0.0649. The van der Waals surface area contributed by atoms with Crippen LogP contribution in [0.2, 0.25) is 0 Å². The third-order valence-electron chi connectivity index (χ3n) is 2.86. The zero-order valence-corrected chi connectivity index (χ0v) is 12.4. The Morgan fingerprint density at radius 2 is 1.58 bits per heavy atom. The van der Waals surface area contributed by atoms with E-state index >= 15 is 0 Å². The van der Waals surface area contributed by atoms with E-state index in [0.717, 1.165) is 11.3 Å². The Hall–Kier alpha value is -1.61. The van der Waals surface area contributed by atoms with Crippen LogP contribution < -0.4 is 4.90 Å². The maximum Gasteiger partial charge on any atom is 0.240 e. The van der Waals surface area contributed by atoms with Crippen LogP contribution in [0.4, 0.5) is 5.69 Å². The maximum absolute atomic E-state index is 12.3. The van der Waals surface area contributed by atoms with Crippen LogP contribution >= 0.6 is 15.9 Å². The monoisotopic (exact) mass is 317 g/mol. The van der Waals surface area contributed by atoms with Gasteiger partial charge in [-0.25, -0.2) is 0 Å². The van der Waals surface area contributed by atoms with E-state index in [-0.39, 0.29) is 10.7 Å². The van der Waals surface area contributed by atoms with Gasteiger partial charge in [-0.1, -0.05) is 64.5 Å². The number of carbonyl (C=O) groups excluding carboxylic acids is 1. The molecule has 0 unspecified atom stereocenters. The lowest BCUT2D eigenvalue weighted by Gasteiger charge is -2.24. The van der Waals surface area contributed by atoms with Gasteiger partial charge in [-0.15, -0.1) is 0 Å². The molecule has 0 bridgehead atoms. The highest BCUT2D eigenvalue weighted by Gasteiger charge is 2.19. The molecule has 2 aromatic rings. The van der Waals surface area contributed by atoms with E-state index in [2.05, 4.69) is 15.9 Å². The highest BCUT2D eigenvalue weighted by Crippen LogP contribution is 2.19. The van der Waals surface area contributed by atoms with Gasteiger partial charge >= 0.3 is 0 Å². The van der Waals surface area contributed by atoms with Crippen LogP contribution in [0.3, 0.4) is 0 Å². The standard InChI is InChI=1S/C16H16BrNO/c1-13(17)16(19)18(15-10-6-3-7-11-15)12-14-8-4-2-5-9-14/h2-11,13H,12H2,1H3/t13-/m0/s1. The average molecular weight is 318 g/mol. The van der Waals surface area contributed by atoms with Gasteiger partial charge in [-0.2, -0.15) is 0 Å². The van der Waals surface area contributed by atoms with Crippen LogP contribution in [0.25, 0.3) is 0 Å². The van der Waals surface area contributed by atoms with Crippen molar-refractivity contribution in [2.45, 2.75) is 18.3 Å². The van der Waals surface area contributed by atoms with E-state index in [4.69, 9.17) is 0 Å². The molecular formula is C16H16BrNO. The van der Waals surface area contributed by atoms with Crippen LogP contribution in [-0.4, -0.2) is 10.7 Å². The van der Waals surface area contributed by atoms with Gasteiger partial charge in [-0.05, 0) is 24.6 Å². The minimum absolute atomic E-state index is 0.0649. The number of carbonyl (C=O) groups is 1. The second kappa shape index (κ2) is 6.53. The van der Waals surface area contributed by atoms with Gasteiger partial charge in [0, 0.05) is 5.69 Å². The van der Waals surface area contributed by atoms with E-state index in [1.54, 1.807) is 4.90 Å². The molecule has 0 N–H and O–H groups in total. The predicted molar refractivity (Wildman–Crippen MR) is 82.5 cm³/mol. The molecule has 1 atom stereocenters. The van der Waals surface area contributed by atoms with Crippen molar-refractivity contribution in [3.63, 3.8) is 0 Å². The Morgan fingerprint density at radius 3 is 2.11 bits per heavy atom. The molecule has 0 spiro atoms. The fourth-order valence-electron chi connectivity index (χ4n) is 1.89. The fraction of sp³-hybridized carbons (Fsp3) is 0.188. The molecule has 0 aliphatic carbocycles. The van der Waals surface area contributed by atoms with Crippen LogP contribution in [-0.2, 0) is 11.3 Å². The molecule has 0 aliphatic heterocycles. The summed E-state index contributed by atoms with van der Waals surface area (Å²) >= 11 is 3.36. The predicted octanol–water partition coefficient (Wildman–Crippen LogP) is 4.00. The molecule has 0 aromatic heterocycles. The van der Waals surface area contributed by atoms with Crippen molar-refractivity contribution >= 4 is 27.5 Å². The lowest BCUT2D eigenvalue weighted by Crippen LogP contribution is -2.35. The molecule has 0 saturated heterocycles. The van der Waals surface area contributed by atoms with Gasteiger partial charge in [0.1, 0.15) is 0 Å². The van der Waals surface area contributed by atoms with Crippen molar-refractivity contribution in [1.29, 1.82) is 0 Å². The number of para-hydroxylation sites is 1. The summed E-state index contributed by atoms with van der Waals surface area (Å²) in [5.41, 5.74) is 2.04. The fourth-order valence-corrected chi connectivity index (χ4v) is 2.13. The van der Waals surface area contributed by atoms with Gasteiger partial charge in [0.25, 0.3) is 0 Å². The van der Waals surface area contributed by atoms with Gasteiger partial charge in [0.15, 0.2) is 0 Å². The molecule has 2 nitrogen and oxygen atoms in total. The van der Waals surface area contributed by atoms with E-state index in [0.29, 0.717) is 6.54 Å². The largest absolute Gasteiger partial charge is 0.307 e. The van der Waals surface area contributed by atoms with Crippen LogP contribution in [0.1, 0.15) is 12.5 Å². The average Bonchev–Trinajstić information content (AvgIpc) is 2.46. The number of halogens is 1. The van der Waals surface area contributed by atoms with Gasteiger partial charge in [0.2, 0.25) is 5.91 Å². The summed E-state index contributed by atoms with van der Waals surface area (Å²) in [6.45, 7) is 2.43. The van der Waals surface area contributed by atoms with Gasteiger partial charge in [-0.3, -0.25) is 4.79 Å². The Kier molecular flexibility index (Phi) is 4.74. The molecule has 19 heavy (non-hydrogen) atoms. The minimum atomic E-state index is -0.198. The van der Waals surface area contributed by atoms with Crippen molar-refractivity contribution < 1.29 is 4.79 Å². The Bertz CT molecular complexity index is 525. The minimum Gasteiger partial charge on any atom is -0.307 e. The number of anilines is 1. The van der Waals surface area contributed by atoms with Crippen LogP contribution in [0, 0.1) is 0 Å². The highest BCUT2D eigenvalue weighted by atomic mass is 79.9. The third kappa shape index (κ3) is 3.67. The van der Waals surface area contributed by atoms with E-state index in [9.17, 15) is 4.79 Å². The quantitative estimate of drug-likeness (QED) is 0.780. The Balaban J connectivity index is 2.28. The highest BCUT2D eigenvalue weighted by molar-refractivity contribution is 9.10. The van der Waals surface area contributed by atoms with Crippen molar-refractivity contribution in [1.82, 2.24) is 0 Å². The SMILES string of the molecule is C[C@H](Br)C(=O)N(Cc1ccccc1)c1ccccc1. The van der Waals surface area contributed by atoms with Crippen molar-refractivity contribution in [3.8, 4) is 0 Å². The number of benzene rings is 2. The molecule has 0 aliphatic rings. The van der Waals surface area contributed by atoms with E-state index in [1.165, 1.54) is 0 Å². The molecule has 0 fully saturated rings.